The molecule has 0 bridgehead atoms. The molecule has 1 saturated heterocycles. The number of aryl methyl sites for hydroxylation is 1. The van der Waals surface area contributed by atoms with Crippen molar-refractivity contribution in [3.05, 3.63) is 23.4 Å². The van der Waals surface area contributed by atoms with Crippen molar-refractivity contribution < 1.29 is 4.79 Å². The van der Waals surface area contributed by atoms with Crippen LogP contribution < -0.4 is 11.3 Å². The van der Waals surface area contributed by atoms with Gasteiger partial charge in [0.05, 0.1) is 0 Å². The van der Waals surface area contributed by atoms with Gasteiger partial charge in [-0.3, -0.25) is 4.79 Å². The number of hydrogen-bond acceptors (Lipinski definition) is 5. The normalized spacial score (nSPS) is 18.9. The molecule has 0 aromatic carbocycles. The Morgan fingerprint density at radius 1 is 1.60 bits per heavy atom. The summed E-state index contributed by atoms with van der Waals surface area (Å²) in [4.78, 5) is 18.9. The molecule has 3 N–H and O–H groups in total. The summed E-state index contributed by atoms with van der Waals surface area (Å²) < 4.78 is 0. The first kappa shape index (κ1) is 15.1. The van der Waals surface area contributed by atoms with Gasteiger partial charge in [-0.15, -0.1) is 0 Å². The molecular formula is C14H22N4OS. The Hall–Kier alpha value is -1.27. The summed E-state index contributed by atoms with van der Waals surface area (Å²) in [5, 5.41) is 0.497. The Labute approximate surface area is 124 Å². The van der Waals surface area contributed by atoms with E-state index in [1.165, 1.54) is 0 Å². The van der Waals surface area contributed by atoms with E-state index in [0.29, 0.717) is 16.6 Å². The van der Waals surface area contributed by atoms with Crippen molar-refractivity contribution in [1.29, 1.82) is 0 Å². The monoisotopic (exact) mass is 294 g/mol. The summed E-state index contributed by atoms with van der Waals surface area (Å²) in [6.45, 7) is 5.87. The minimum absolute atomic E-state index is 0.0772. The van der Waals surface area contributed by atoms with Gasteiger partial charge >= 0.3 is 0 Å². The average molecular weight is 294 g/mol. The van der Waals surface area contributed by atoms with Gasteiger partial charge in [0.15, 0.2) is 0 Å². The van der Waals surface area contributed by atoms with E-state index in [0.717, 1.165) is 37.4 Å². The van der Waals surface area contributed by atoms with Crippen LogP contribution in [0.2, 0.25) is 0 Å². The fourth-order valence-electron chi connectivity index (χ4n) is 2.35. The molecule has 0 saturated carbocycles. The van der Waals surface area contributed by atoms with Crippen molar-refractivity contribution >= 4 is 23.5 Å². The number of rotatable bonds is 4. The molecule has 1 atom stereocenters. The van der Waals surface area contributed by atoms with Crippen LogP contribution >= 0.6 is 11.8 Å². The zero-order chi connectivity index (χ0) is 14.5. The molecule has 1 fully saturated rings. The number of pyridine rings is 1. The first-order valence-corrected chi connectivity index (χ1v) is 8.07. The highest BCUT2D eigenvalue weighted by molar-refractivity contribution is 7.99. The standard InChI is InChI=1S/C14H22N4OS/c1-3-4-12-7-11(8-13(16-12)17-15)14(19)18-5-6-20-10(2)9-18/h7-8,10H,3-6,9,15H2,1-2H3,(H,16,17). The molecule has 5 nitrogen and oxygen atoms in total. The summed E-state index contributed by atoms with van der Waals surface area (Å²) in [7, 11) is 0. The van der Waals surface area contributed by atoms with Gasteiger partial charge in [0.2, 0.25) is 0 Å². The zero-order valence-corrected chi connectivity index (χ0v) is 12.9. The van der Waals surface area contributed by atoms with Crippen LogP contribution in [-0.2, 0) is 6.42 Å². The summed E-state index contributed by atoms with van der Waals surface area (Å²) >= 11 is 1.91. The van der Waals surface area contributed by atoms with E-state index in [1.807, 2.05) is 22.7 Å². The topological polar surface area (TPSA) is 71.2 Å². The Kier molecular flexibility index (Phi) is 5.25. The second kappa shape index (κ2) is 6.95. The first-order chi connectivity index (χ1) is 9.63. The van der Waals surface area contributed by atoms with Gasteiger partial charge in [-0.05, 0) is 18.6 Å². The van der Waals surface area contributed by atoms with Crippen LogP contribution in [0.1, 0.15) is 36.3 Å². The van der Waals surface area contributed by atoms with Crippen LogP contribution in [0, 0.1) is 0 Å². The predicted octanol–water partition coefficient (Wildman–Crippen LogP) is 1.90. The second-order valence-electron chi connectivity index (χ2n) is 5.06. The summed E-state index contributed by atoms with van der Waals surface area (Å²) in [6.07, 6.45) is 1.84. The van der Waals surface area contributed by atoms with Crippen molar-refractivity contribution in [2.24, 2.45) is 5.84 Å². The summed E-state index contributed by atoms with van der Waals surface area (Å²) in [6, 6.07) is 3.62. The number of thioether (sulfide) groups is 1. The minimum atomic E-state index is 0.0772. The maximum Gasteiger partial charge on any atom is 0.254 e. The number of nitrogens with zero attached hydrogens (tertiary/aromatic N) is 2. The van der Waals surface area contributed by atoms with Crippen LogP contribution in [0.15, 0.2) is 12.1 Å². The minimum Gasteiger partial charge on any atom is -0.337 e. The molecule has 1 aromatic heterocycles. The fraction of sp³-hybridized carbons (Fsp3) is 0.571. The van der Waals surface area contributed by atoms with Crippen LogP contribution in [0.4, 0.5) is 5.82 Å². The molecule has 1 unspecified atom stereocenters. The number of hydrazine groups is 1. The van der Waals surface area contributed by atoms with Gasteiger partial charge in [-0.2, -0.15) is 11.8 Å². The highest BCUT2D eigenvalue weighted by Crippen LogP contribution is 2.21. The van der Waals surface area contributed by atoms with Gasteiger partial charge in [-0.1, -0.05) is 20.3 Å². The molecule has 2 heterocycles. The van der Waals surface area contributed by atoms with E-state index in [2.05, 4.69) is 24.3 Å². The molecule has 0 aliphatic carbocycles. The second-order valence-corrected chi connectivity index (χ2v) is 6.61. The third-order valence-corrected chi connectivity index (χ3v) is 4.44. The number of carbonyl (C=O) groups excluding carboxylic acids is 1. The lowest BCUT2D eigenvalue weighted by Crippen LogP contribution is -2.41. The quantitative estimate of drug-likeness (QED) is 0.655. The Bertz CT molecular complexity index is 480. The lowest BCUT2D eigenvalue weighted by molar-refractivity contribution is 0.0763. The Balaban J connectivity index is 2.21. The zero-order valence-electron chi connectivity index (χ0n) is 12.1. The third kappa shape index (κ3) is 3.64. The molecule has 1 amide bonds. The van der Waals surface area contributed by atoms with Crippen molar-refractivity contribution in [1.82, 2.24) is 9.88 Å². The molecule has 0 spiro atoms. The number of nitrogen functional groups attached to an aromatic ring is 1. The number of nitrogens with two attached hydrogens (primary N) is 1. The molecule has 1 aromatic rings. The van der Waals surface area contributed by atoms with Crippen molar-refractivity contribution in [3.8, 4) is 0 Å². The third-order valence-electron chi connectivity index (χ3n) is 3.31. The number of amides is 1. The highest BCUT2D eigenvalue weighted by Gasteiger charge is 2.23. The lowest BCUT2D eigenvalue weighted by atomic mass is 10.1. The highest BCUT2D eigenvalue weighted by atomic mass is 32.2. The van der Waals surface area contributed by atoms with E-state index in [4.69, 9.17) is 5.84 Å². The van der Waals surface area contributed by atoms with Gasteiger partial charge in [0, 0.05) is 35.3 Å². The average Bonchev–Trinajstić information content (AvgIpc) is 2.46. The van der Waals surface area contributed by atoms with Gasteiger partial charge in [0.25, 0.3) is 5.91 Å². The first-order valence-electron chi connectivity index (χ1n) is 7.02. The summed E-state index contributed by atoms with van der Waals surface area (Å²) in [5.74, 6) is 7.08. The van der Waals surface area contributed by atoms with Crippen molar-refractivity contribution in [3.63, 3.8) is 0 Å². The van der Waals surface area contributed by atoms with Crippen LogP contribution in [0.5, 0.6) is 0 Å². The van der Waals surface area contributed by atoms with E-state index in [-0.39, 0.29) is 5.91 Å². The SMILES string of the molecule is CCCc1cc(C(=O)N2CCSC(C)C2)cc(NN)n1. The van der Waals surface area contributed by atoms with E-state index in [9.17, 15) is 4.79 Å². The molecule has 0 radical (unpaired) electrons. The lowest BCUT2D eigenvalue weighted by Gasteiger charge is -2.30. The molecule has 1 aliphatic heterocycles. The molecule has 6 heteroatoms. The van der Waals surface area contributed by atoms with Crippen LogP contribution in [0.3, 0.4) is 0 Å². The maximum atomic E-state index is 12.6. The number of hydrogen-bond donors (Lipinski definition) is 2. The fourth-order valence-corrected chi connectivity index (χ4v) is 3.37. The van der Waals surface area contributed by atoms with Crippen LogP contribution in [0.25, 0.3) is 0 Å². The van der Waals surface area contributed by atoms with Gasteiger partial charge in [0.1, 0.15) is 5.82 Å². The number of aromatic nitrogens is 1. The smallest absolute Gasteiger partial charge is 0.254 e. The number of nitrogens with one attached hydrogen (secondary N) is 1. The van der Waals surface area contributed by atoms with Gasteiger partial charge in [-0.25, -0.2) is 10.8 Å². The Morgan fingerprint density at radius 3 is 3.05 bits per heavy atom. The molecule has 20 heavy (non-hydrogen) atoms. The van der Waals surface area contributed by atoms with Crippen molar-refractivity contribution in [2.75, 3.05) is 24.3 Å². The molecule has 1 aliphatic rings. The van der Waals surface area contributed by atoms with Crippen LogP contribution in [-0.4, -0.2) is 39.9 Å². The van der Waals surface area contributed by atoms with E-state index >= 15 is 0 Å². The van der Waals surface area contributed by atoms with E-state index < -0.39 is 0 Å². The predicted molar refractivity (Wildman–Crippen MR) is 83.9 cm³/mol. The van der Waals surface area contributed by atoms with E-state index in [1.54, 1.807) is 6.07 Å². The largest absolute Gasteiger partial charge is 0.337 e. The Morgan fingerprint density at radius 2 is 2.40 bits per heavy atom. The number of carbonyl (C=O) groups is 1. The summed E-state index contributed by atoms with van der Waals surface area (Å²) in [5.41, 5.74) is 4.13. The molecular weight excluding hydrogens is 272 g/mol. The molecule has 2 rings (SSSR count). The maximum absolute atomic E-state index is 12.6. The van der Waals surface area contributed by atoms with Crippen molar-refractivity contribution in [2.45, 2.75) is 31.9 Å². The molecule has 110 valence electrons. The van der Waals surface area contributed by atoms with Gasteiger partial charge < -0.3 is 10.3 Å². The number of anilines is 1.